The molecule has 0 amide bonds. The SMILES string of the molecule is CCC(CC)c1c(CN)nnn1-c1ccccc1F. The van der Waals surface area contributed by atoms with Crippen molar-refractivity contribution in [2.75, 3.05) is 0 Å². The van der Waals surface area contributed by atoms with E-state index < -0.39 is 0 Å². The molecule has 1 heterocycles. The summed E-state index contributed by atoms with van der Waals surface area (Å²) in [5.41, 5.74) is 7.82. The van der Waals surface area contributed by atoms with Crippen LogP contribution in [0, 0.1) is 5.82 Å². The first-order valence-electron chi connectivity index (χ1n) is 6.62. The summed E-state index contributed by atoms with van der Waals surface area (Å²) < 4.78 is 15.5. The van der Waals surface area contributed by atoms with Crippen LogP contribution in [-0.2, 0) is 6.54 Å². The largest absolute Gasteiger partial charge is 0.325 e. The summed E-state index contributed by atoms with van der Waals surface area (Å²) in [4.78, 5) is 0. The van der Waals surface area contributed by atoms with E-state index in [0.717, 1.165) is 24.2 Å². The van der Waals surface area contributed by atoms with E-state index in [-0.39, 0.29) is 11.7 Å². The fraction of sp³-hybridized carbons (Fsp3) is 0.429. The van der Waals surface area contributed by atoms with E-state index in [1.54, 1.807) is 22.9 Å². The molecule has 1 aromatic heterocycles. The summed E-state index contributed by atoms with van der Waals surface area (Å²) in [7, 11) is 0. The Hall–Kier alpha value is -1.75. The third-order valence-electron chi connectivity index (χ3n) is 3.43. The molecule has 0 spiro atoms. The van der Waals surface area contributed by atoms with E-state index >= 15 is 0 Å². The van der Waals surface area contributed by atoms with Gasteiger partial charge in [0.05, 0.1) is 5.69 Å². The lowest BCUT2D eigenvalue weighted by Crippen LogP contribution is -2.11. The molecule has 1 aromatic carbocycles. The number of halogens is 1. The van der Waals surface area contributed by atoms with Gasteiger partial charge in [-0.1, -0.05) is 31.2 Å². The maximum absolute atomic E-state index is 13.9. The van der Waals surface area contributed by atoms with Crippen LogP contribution in [0.1, 0.15) is 44.0 Å². The zero-order valence-electron chi connectivity index (χ0n) is 11.3. The van der Waals surface area contributed by atoms with Gasteiger partial charge in [0.25, 0.3) is 0 Å². The predicted octanol–water partition coefficient (Wildman–Crippen LogP) is 2.77. The Bertz CT molecular complexity index is 546. The van der Waals surface area contributed by atoms with Crippen molar-refractivity contribution in [2.24, 2.45) is 5.73 Å². The minimum atomic E-state index is -0.303. The minimum Gasteiger partial charge on any atom is -0.325 e. The number of rotatable bonds is 5. The first kappa shape index (κ1) is 13.7. The molecule has 19 heavy (non-hydrogen) atoms. The Morgan fingerprint density at radius 1 is 1.26 bits per heavy atom. The van der Waals surface area contributed by atoms with Crippen LogP contribution < -0.4 is 5.73 Å². The summed E-state index contributed by atoms with van der Waals surface area (Å²) in [5.74, 6) is -0.0173. The standard InChI is InChI=1S/C14H19FN4/c1-3-10(4-2)14-12(9-16)17-18-19(14)13-8-6-5-7-11(13)15/h5-8,10H,3-4,9,16H2,1-2H3. The van der Waals surface area contributed by atoms with Crippen molar-refractivity contribution in [3.63, 3.8) is 0 Å². The quantitative estimate of drug-likeness (QED) is 0.901. The fourth-order valence-corrected chi connectivity index (χ4v) is 2.35. The molecule has 0 radical (unpaired) electrons. The normalized spacial score (nSPS) is 11.2. The van der Waals surface area contributed by atoms with Gasteiger partial charge in [0.1, 0.15) is 17.2 Å². The number of hydrogen-bond acceptors (Lipinski definition) is 3. The molecule has 5 heteroatoms. The molecule has 0 aliphatic heterocycles. The highest BCUT2D eigenvalue weighted by molar-refractivity contribution is 5.36. The summed E-state index contributed by atoms with van der Waals surface area (Å²) >= 11 is 0. The zero-order valence-corrected chi connectivity index (χ0v) is 11.3. The van der Waals surface area contributed by atoms with Gasteiger partial charge in [-0.25, -0.2) is 9.07 Å². The number of benzene rings is 1. The summed E-state index contributed by atoms with van der Waals surface area (Å²) in [5, 5.41) is 8.17. The Kier molecular flexibility index (Phi) is 4.27. The molecular weight excluding hydrogens is 243 g/mol. The molecule has 2 N–H and O–H groups in total. The second-order valence-corrected chi connectivity index (χ2v) is 4.50. The van der Waals surface area contributed by atoms with Crippen molar-refractivity contribution in [2.45, 2.75) is 39.2 Å². The van der Waals surface area contributed by atoms with Crippen molar-refractivity contribution >= 4 is 0 Å². The molecule has 0 bridgehead atoms. The third kappa shape index (κ3) is 2.51. The van der Waals surface area contributed by atoms with Crippen molar-refractivity contribution in [1.29, 1.82) is 0 Å². The van der Waals surface area contributed by atoms with Crippen LogP contribution in [0.4, 0.5) is 4.39 Å². The predicted molar refractivity (Wildman–Crippen MR) is 72.5 cm³/mol. The van der Waals surface area contributed by atoms with Crippen molar-refractivity contribution < 1.29 is 4.39 Å². The minimum absolute atomic E-state index is 0.285. The molecule has 0 saturated carbocycles. The molecule has 0 atom stereocenters. The zero-order chi connectivity index (χ0) is 13.8. The van der Waals surface area contributed by atoms with Crippen LogP contribution in [0.25, 0.3) is 5.69 Å². The molecular formula is C14H19FN4. The van der Waals surface area contributed by atoms with Gasteiger partial charge in [-0.2, -0.15) is 0 Å². The molecule has 4 nitrogen and oxygen atoms in total. The van der Waals surface area contributed by atoms with Crippen molar-refractivity contribution in [1.82, 2.24) is 15.0 Å². The summed E-state index contributed by atoms with van der Waals surface area (Å²) in [6.07, 6.45) is 1.90. The number of hydrogen-bond donors (Lipinski definition) is 1. The summed E-state index contributed by atoms with van der Waals surface area (Å²) in [6, 6.07) is 6.58. The van der Waals surface area contributed by atoms with Crippen LogP contribution in [0.3, 0.4) is 0 Å². The van der Waals surface area contributed by atoms with Gasteiger partial charge in [-0.15, -0.1) is 5.10 Å². The van der Waals surface area contributed by atoms with Gasteiger partial charge in [0.15, 0.2) is 0 Å². The average Bonchev–Trinajstić information content (AvgIpc) is 2.85. The fourth-order valence-electron chi connectivity index (χ4n) is 2.35. The highest BCUT2D eigenvalue weighted by Crippen LogP contribution is 2.27. The van der Waals surface area contributed by atoms with E-state index in [1.165, 1.54) is 6.07 Å². The first-order valence-corrected chi connectivity index (χ1v) is 6.62. The van der Waals surface area contributed by atoms with Crippen LogP contribution in [0.15, 0.2) is 24.3 Å². The van der Waals surface area contributed by atoms with Crippen molar-refractivity contribution in [3.05, 3.63) is 41.5 Å². The van der Waals surface area contributed by atoms with Gasteiger partial charge in [-0.05, 0) is 25.0 Å². The van der Waals surface area contributed by atoms with Crippen LogP contribution in [0.2, 0.25) is 0 Å². The van der Waals surface area contributed by atoms with E-state index in [4.69, 9.17) is 5.73 Å². The number of nitrogens with two attached hydrogens (primary N) is 1. The van der Waals surface area contributed by atoms with Crippen LogP contribution in [-0.4, -0.2) is 15.0 Å². The Balaban J connectivity index is 2.58. The maximum Gasteiger partial charge on any atom is 0.148 e. The Morgan fingerprint density at radius 2 is 1.95 bits per heavy atom. The molecule has 0 aliphatic carbocycles. The van der Waals surface area contributed by atoms with Crippen LogP contribution >= 0.6 is 0 Å². The smallest absolute Gasteiger partial charge is 0.148 e. The van der Waals surface area contributed by atoms with Crippen LogP contribution in [0.5, 0.6) is 0 Å². The second kappa shape index (κ2) is 5.93. The molecule has 0 aliphatic rings. The number of nitrogens with zero attached hydrogens (tertiary/aromatic N) is 3. The van der Waals surface area contributed by atoms with E-state index in [0.29, 0.717) is 12.2 Å². The summed E-state index contributed by atoms with van der Waals surface area (Å²) in [6.45, 7) is 4.53. The van der Waals surface area contributed by atoms with E-state index in [1.807, 2.05) is 0 Å². The molecule has 0 saturated heterocycles. The third-order valence-corrected chi connectivity index (χ3v) is 3.43. The monoisotopic (exact) mass is 262 g/mol. The highest BCUT2D eigenvalue weighted by atomic mass is 19.1. The van der Waals surface area contributed by atoms with E-state index in [9.17, 15) is 4.39 Å². The van der Waals surface area contributed by atoms with Gasteiger partial charge >= 0.3 is 0 Å². The molecule has 102 valence electrons. The Labute approximate surface area is 112 Å². The lowest BCUT2D eigenvalue weighted by Gasteiger charge is -2.16. The highest BCUT2D eigenvalue weighted by Gasteiger charge is 2.21. The lowest BCUT2D eigenvalue weighted by molar-refractivity contribution is 0.567. The molecule has 0 unspecified atom stereocenters. The lowest BCUT2D eigenvalue weighted by atomic mass is 9.97. The van der Waals surface area contributed by atoms with E-state index in [2.05, 4.69) is 24.2 Å². The number of aromatic nitrogens is 3. The van der Waals surface area contributed by atoms with Gasteiger partial charge in [-0.3, -0.25) is 0 Å². The molecule has 2 rings (SSSR count). The van der Waals surface area contributed by atoms with Gasteiger partial charge < -0.3 is 5.73 Å². The molecule has 0 fully saturated rings. The van der Waals surface area contributed by atoms with Crippen molar-refractivity contribution in [3.8, 4) is 5.69 Å². The number of para-hydroxylation sites is 1. The molecule has 2 aromatic rings. The average molecular weight is 262 g/mol. The second-order valence-electron chi connectivity index (χ2n) is 4.50. The van der Waals surface area contributed by atoms with Gasteiger partial charge in [0.2, 0.25) is 0 Å². The first-order chi connectivity index (χ1) is 9.22. The van der Waals surface area contributed by atoms with Gasteiger partial charge in [0, 0.05) is 12.5 Å². The Morgan fingerprint density at radius 3 is 2.53 bits per heavy atom. The maximum atomic E-state index is 13.9. The topological polar surface area (TPSA) is 56.7 Å².